The second-order valence-electron chi connectivity index (χ2n) is 4.39. The van der Waals surface area contributed by atoms with Crippen LogP contribution >= 0.6 is 0 Å². The van der Waals surface area contributed by atoms with Gasteiger partial charge >= 0.3 is 0 Å². The number of methoxy groups -OCH3 is 1. The van der Waals surface area contributed by atoms with Gasteiger partial charge in [-0.05, 0) is 31.7 Å². The fraction of sp³-hybridized carbons (Fsp3) is 1.00. The molecule has 0 aliphatic heterocycles. The molecule has 1 fully saturated rings. The van der Waals surface area contributed by atoms with E-state index in [1.54, 1.807) is 7.11 Å². The summed E-state index contributed by atoms with van der Waals surface area (Å²) in [5.74, 6) is 0.467. The summed E-state index contributed by atoms with van der Waals surface area (Å²) in [5, 5.41) is 12.7. The lowest BCUT2D eigenvalue weighted by molar-refractivity contribution is 0.0689. The summed E-state index contributed by atoms with van der Waals surface area (Å²) in [4.78, 5) is 0. The summed E-state index contributed by atoms with van der Waals surface area (Å²) in [6.07, 6.45) is 4.64. The van der Waals surface area contributed by atoms with Crippen LogP contribution in [0.2, 0.25) is 0 Å². The maximum absolute atomic E-state index is 9.16. The highest BCUT2D eigenvalue weighted by molar-refractivity contribution is 4.82. The lowest BCUT2D eigenvalue weighted by Gasteiger charge is -2.18. The molecule has 1 aliphatic carbocycles. The van der Waals surface area contributed by atoms with Gasteiger partial charge in [-0.25, -0.2) is 0 Å². The van der Waals surface area contributed by atoms with E-state index in [4.69, 9.17) is 14.6 Å². The van der Waals surface area contributed by atoms with Crippen LogP contribution in [-0.4, -0.2) is 51.2 Å². The van der Waals surface area contributed by atoms with Crippen molar-refractivity contribution in [1.82, 2.24) is 5.32 Å². The molecule has 0 heterocycles. The average Bonchev–Trinajstić information content (AvgIpc) is 2.75. The van der Waals surface area contributed by atoms with Crippen molar-refractivity contribution in [3.63, 3.8) is 0 Å². The van der Waals surface area contributed by atoms with Gasteiger partial charge in [0.15, 0.2) is 0 Å². The number of hydrogen-bond donors (Lipinski definition) is 2. The monoisotopic (exact) mass is 231 g/mol. The van der Waals surface area contributed by atoms with Crippen molar-refractivity contribution < 1.29 is 14.6 Å². The molecule has 0 radical (unpaired) electrons. The minimum absolute atomic E-state index is 0.321. The Hall–Kier alpha value is -0.160. The lowest BCUT2D eigenvalue weighted by Crippen LogP contribution is -2.35. The van der Waals surface area contributed by atoms with E-state index in [1.807, 2.05) is 0 Å². The average molecular weight is 231 g/mol. The van der Waals surface area contributed by atoms with Crippen LogP contribution in [0, 0.1) is 5.92 Å². The molecule has 4 nitrogen and oxygen atoms in total. The molecule has 2 N–H and O–H groups in total. The first-order valence-corrected chi connectivity index (χ1v) is 6.29. The second kappa shape index (κ2) is 8.93. The molecular formula is C12H25NO3. The molecule has 0 spiro atoms. The Morgan fingerprint density at radius 1 is 1.25 bits per heavy atom. The summed E-state index contributed by atoms with van der Waals surface area (Å²) in [5.41, 5.74) is 0. The Morgan fingerprint density at radius 2 is 2.12 bits per heavy atom. The van der Waals surface area contributed by atoms with Gasteiger partial charge in [0.1, 0.15) is 0 Å². The second-order valence-corrected chi connectivity index (χ2v) is 4.39. The highest BCUT2D eigenvalue weighted by Gasteiger charge is 2.25. The van der Waals surface area contributed by atoms with Gasteiger partial charge in [0, 0.05) is 26.4 Å². The summed E-state index contributed by atoms with van der Waals surface area (Å²) in [6.45, 7) is 3.44. The highest BCUT2D eigenvalue weighted by atomic mass is 16.5. The van der Waals surface area contributed by atoms with Gasteiger partial charge in [0.25, 0.3) is 0 Å². The first-order chi connectivity index (χ1) is 7.88. The summed E-state index contributed by atoms with van der Waals surface area (Å²) >= 11 is 0. The van der Waals surface area contributed by atoms with E-state index >= 15 is 0 Å². The molecule has 96 valence electrons. The van der Waals surface area contributed by atoms with Gasteiger partial charge in [-0.15, -0.1) is 0 Å². The molecule has 0 bridgehead atoms. The first kappa shape index (κ1) is 13.9. The van der Waals surface area contributed by atoms with Crippen molar-refractivity contribution >= 4 is 0 Å². The summed E-state index contributed by atoms with van der Waals surface area (Å²) in [7, 11) is 1.68. The molecule has 2 unspecified atom stereocenters. The molecule has 4 heteroatoms. The Morgan fingerprint density at radius 3 is 2.88 bits per heavy atom. The summed E-state index contributed by atoms with van der Waals surface area (Å²) in [6, 6.07) is 0.518. The fourth-order valence-electron chi connectivity index (χ4n) is 2.23. The third-order valence-electron chi connectivity index (χ3n) is 3.20. The van der Waals surface area contributed by atoms with Crippen LogP contribution < -0.4 is 5.32 Å². The van der Waals surface area contributed by atoms with E-state index in [1.165, 1.54) is 19.3 Å². The molecule has 0 saturated heterocycles. The zero-order valence-electron chi connectivity index (χ0n) is 10.3. The molecule has 0 aromatic carbocycles. The van der Waals surface area contributed by atoms with Crippen molar-refractivity contribution in [3.05, 3.63) is 0 Å². The number of aliphatic hydroxyl groups is 1. The minimum atomic E-state index is 0.321. The Balaban J connectivity index is 1.90. The van der Waals surface area contributed by atoms with Crippen molar-refractivity contribution in [1.29, 1.82) is 0 Å². The number of hydrogen-bond acceptors (Lipinski definition) is 4. The van der Waals surface area contributed by atoms with Crippen LogP contribution in [-0.2, 0) is 9.47 Å². The molecule has 2 atom stereocenters. The van der Waals surface area contributed by atoms with Gasteiger partial charge in [-0.1, -0.05) is 6.42 Å². The first-order valence-electron chi connectivity index (χ1n) is 6.29. The van der Waals surface area contributed by atoms with E-state index in [-0.39, 0.29) is 0 Å². The number of ether oxygens (including phenoxy) is 2. The molecule has 0 aromatic heterocycles. The van der Waals surface area contributed by atoms with Crippen LogP contribution in [0.15, 0.2) is 0 Å². The Bertz CT molecular complexity index is 166. The topological polar surface area (TPSA) is 50.7 Å². The Kier molecular flexibility index (Phi) is 7.76. The van der Waals surface area contributed by atoms with Gasteiger partial charge in [-0.2, -0.15) is 0 Å². The number of rotatable bonds is 9. The van der Waals surface area contributed by atoms with Crippen molar-refractivity contribution in [2.75, 3.05) is 40.1 Å². The normalized spacial score (nSPS) is 25.1. The standard InChI is InChI=1S/C12H25NO3/c1-15-8-9-16-7-3-6-13-12-5-2-4-11(12)10-14/h11-14H,2-10H2,1H3. The molecule has 1 aliphatic rings. The third kappa shape index (κ3) is 5.25. The maximum Gasteiger partial charge on any atom is 0.0700 e. The SMILES string of the molecule is COCCOCCCNC1CCCC1CO. The van der Waals surface area contributed by atoms with Crippen LogP contribution in [0.1, 0.15) is 25.7 Å². The van der Waals surface area contributed by atoms with Gasteiger partial charge in [0.05, 0.1) is 13.2 Å². The third-order valence-corrected chi connectivity index (χ3v) is 3.20. The van der Waals surface area contributed by atoms with Crippen LogP contribution in [0.4, 0.5) is 0 Å². The van der Waals surface area contributed by atoms with Crippen molar-refractivity contribution in [2.45, 2.75) is 31.7 Å². The quantitative estimate of drug-likeness (QED) is 0.576. The maximum atomic E-state index is 9.16. The van der Waals surface area contributed by atoms with Crippen LogP contribution in [0.5, 0.6) is 0 Å². The van der Waals surface area contributed by atoms with E-state index in [0.29, 0.717) is 31.8 Å². The van der Waals surface area contributed by atoms with Gasteiger partial charge in [-0.3, -0.25) is 0 Å². The van der Waals surface area contributed by atoms with E-state index in [0.717, 1.165) is 19.6 Å². The van der Waals surface area contributed by atoms with Crippen LogP contribution in [0.25, 0.3) is 0 Å². The zero-order chi connectivity index (χ0) is 11.6. The Labute approximate surface area is 98.3 Å². The van der Waals surface area contributed by atoms with E-state index in [2.05, 4.69) is 5.32 Å². The fourth-order valence-corrected chi connectivity index (χ4v) is 2.23. The zero-order valence-corrected chi connectivity index (χ0v) is 10.3. The highest BCUT2D eigenvalue weighted by Crippen LogP contribution is 2.24. The largest absolute Gasteiger partial charge is 0.396 e. The number of nitrogens with one attached hydrogen (secondary N) is 1. The van der Waals surface area contributed by atoms with Crippen LogP contribution in [0.3, 0.4) is 0 Å². The number of aliphatic hydroxyl groups excluding tert-OH is 1. The van der Waals surface area contributed by atoms with Crippen molar-refractivity contribution in [2.24, 2.45) is 5.92 Å². The minimum Gasteiger partial charge on any atom is -0.396 e. The molecule has 1 rings (SSSR count). The van der Waals surface area contributed by atoms with Gasteiger partial charge in [0.2, 0.25) is 0 Å². The lowest BCUT2D eigenvalue weighted by atomic mass is 10.1. The predicted molar refractivity (Wildman–Crippen MR) is 63.5 cm³/mol. The van der Waals surface area contributed by atoms with E-state index in [9.17, 15) is 0 Å². The molecular weight excluding hydrogens is 206 g/mol. The van der Waals surface area contributed by atoms with E-state index < -0.39 is 0 Å². The smallest absolute Gasteiger partial charge is 0.0700 e. The molecule has 0 amide bonds. The predicted octanol–water partition coefficient (Wildman–Crippen LogP) is 0.790. The van der Waals surface area contributed by atoms with Gasteiger partial charge < -0.3 is 19.9 Å². The molecule has 16 heavy (non-hydrogen) atoms. The molecule has 1 saturated carbocycles. The summed E-state index contributed by atoms with van der Waals surface area (Å²) < 4.78 is 10.3. The van der Waals surface area contributed by atoms with Crippen molar-refractivity contribution in [3.8, 4) is 0 Å². The molecule has 0 aromatic rings.